The molecule has 0 aliphatic carbocycles. The molecule has 1 N–H and O–H groups in total. The Labute approximate surface area is 107 Å². The van der Waals surface area contributed by atoms with Gasteiger partial charge in [-0.2, -0.15) is 14.9 Å². The summed E-state index contributed by atoms with van der Waals surface area (Å²) >= 11 is 0. The van der Waals surface area contributed by atoms with Crippen molar-refractivity contribution in [2.75, 3.05) is 0 Å². The third-order valence-corrected chi connectivity index (χ3v) is 2.72. The highest BCUT2D eigenvalue weighted by Gasteiger charge is 2.10. The fourth-order valence-electron chi connectivity index (χ4n) is 1.79. The maximum absolute atomic E-state index is 13.5. The van der Waals surface area contributed by atoms with Gasteiger partial charge in [0, 0.05) is 23.9 Å². The summed E-state index contributed by atoms with van der Waals surface area (Å²) in [5.41, 5.74) is 1.42. The second-order valence-electron chi connectivity index (χ2n) is 3.91. The Balaban J connectivity index is 2.17. The Bertz CT molecular complexity index is 819. The smallest absolute Gasteiger partial charge is 0.215 e. The quantitative estimate of drug-likeness (QED) is 0.721. The highest BCUT2D eigenvalue weighted by molar-refractivity contribution is 5.65. The first-order valence-electron chi connectivity index (χ1n) is 5.43. The molecule has 0 amide bonds. The van der Waals surface area contributed by atoms with E-state index in [1.54, 1.807) is 18.2 Å². The minimum atomic E-state index is -0.603. The lowest BCUT2D eigenvalue weighted by atomic mass is 10.1. The molecule has 0 unspecified atom stereocenters. The van der Waals surface area contributed by atoms with E-state index >= 15 is 0 Å². The molecule has 1 aromatic carbocycles. The largest absolute Gasteiger partial charge is 0.493 e. The molecule has 0 spiro atoms. The summed E-state index contributed by atoms with van der Waals surface area (Å²) in [6.45, 7) is 0. The molecule has 0 aliphatic rings. The van der Waals surface area contributed by atoms with Gasteiger partial charge in [-0.25, -0.2) is 9.37 Å². The second-order valence-corrected chi connectivity index (χ2v) is 3.91. The number of rotatable bonds is 1. The van der Waals surface area contributed by atoms with Crippen molar-refractivity contribution >= 4 is 5.65 Å². The van der Waals surface area contributed by atoms with Crippen LogP contribution in [-0.2, 0) is 0 Å². The molecule has 0 radical (unpaired) electrons. The molecule has 0 saturated heterocycles. The van der Waals surface area contributed by atoms with Crippen molar-refractivity contribution in [1.82, 2.24) is 14.6 Å². The molecule has 2 aromatic heterocycles. The summed E-state index contributed by atoms with van der Waals surface area (Å²) < 4.78 is 14.8. The number of benzene rings is 1. The molecule has 92 valence electrons. The van der Waals surface area contributed by atoms with Crippen molar-refractivity contribution in [2.24, 2.45) is 0 Å². The average Bonchev–Trinajstić information content (AvgIpc) is 2.84. The predicted octanol–water partition coefficient (Wildman–Crippen LogP) is 2.11. The average molecular weight is 254 g/mol. The van der Waals surface area contributed by atoms with Crippen LogP contribution in [0.1, 0.15) is 5.56 Å². The van der Waals surface area contributed by atoms with Crippen molar-refractivity contribution in [3.05, 3.63) is 47.9 Å². The van der Waals surface area contributed by atoms with Crippen LogP contribution in [-0.4, -0.2) is 19.7 Å². The summed E-state index contributed by atoms with van der Waals surface area (Å²) in [5, 5.41) is 22.4. The van der Waals surface area contributed by atoms with Crippen LogP contribution in [0.5, 0.6) is 5.88 Å². The van der Waals surface area contributed by atoms with Crippen LogP contribution in [0.3, 0.4) is 0 Å². The third-order valence-electron chi connectivity index (χ3n) is 2.72. The van der Waals surface area contributed by atoms with E-state index in [1.165, 1.54) is 28.9 Å². The van der Waals surface area contributed by atoms with E-state index in [1.807, 2.05) is 0 Å². The molecule has 5 nitrogen and oxygen atoms in total. The Hall–Kier alpha value is -2.94. The van der Waals surface area contributed by atoms with E-state index in [0.717, 1.165) is 0 Å². The Morgan fingerprint density at radius 2 is 2.11 bits per heavy atom. The van der Waals surface area contributed by atoms with Crippen molar-refractivity contribution in [3.8, 4) is 23.2 Å². The van der Waals surface area contributed by atoms with Crippen molar-refractivity contribution < 1.29 is 9.50 Å². The topological polar surface area (TPSA) is 74.2 Å². The number of nitrogens with zero attached hydrogens (tertiary/aromatic N) is 4. The molecule has 0 atom stereocenters. The van der Waals surface area contributed by atoms with E-state index < -0.39 is 5.82 Å². The molecule has 0 aliphatic heterocycles. The van der Waals surface area contributed by atoms with Crippen LogP contribution < -0.4 is 0 Å². The first kappa shape index (κ1) is 11.2. The highest BCUT2D eigenvalue weighted by Crippen LogP contribution is 2.23. The van der Waals surface area contributed by atoms with Gasteiger partial charge in [-0.3, -0.25) is 0 Å². The maximum Gasteiger partial charge on any atom is 0.215 e. The Morgan fingerprint density at radius 3 is 2.79 bits per heavy atom. The fraction of sp³-hybridized carbons (Fsp3) is 0. The molecule has 6 heteroatoms. The number of fused-ring (bicyclic) bond motifs is 1. The number of hydrogen-bond donors (Lipinski definition) is 1. The zero-order valence-electron chi connectivity index (χ0n) is 9.58. The summed E-state index contributed by atoms with van der Waals surface area (Å²) in [5.74, 6) is -0.653. The molecule has 3 aromatic rings. The lowest BCUT2D eigenvalue weighted by Crippen LogP contribution is -1.90. The standard InChI is InChI=1S/C13H7FN4O/c14-10-5-8(1-2-9(10)7-15)11-6-12-16-4-3-13(19)18(12)17-11/h1-6,19H. The van der Waals surface area contributed by atoms with E-state index in [2.05, 4.69) is 10.1 Å². The second kappa shape index (κ2) is 4.07. The molecule has 2 heterocycles. The zero-order valence-corrected chi connectivity index (χ0v) is 9.58. The summed E-state index contributed by atoms with van der Waals surface area (Å²) in [6.07, 6.45) is 1.45. The van der Waals surface area contributed by atoms with Crippen LogP contribution >= 0.6 is 0 Å². The summed E-state index contributed by atoms with van der Waals surface area (Å²) in [4.78, 5) is 4.04. The number of aromatic nitrogens is 3. The number of halogens is 1. The summed E-state index contributed by atoms with van der Waals surface area (Å²) in [7, 11) is 0. The third kappa shape index (κ3) is 1.77. The molecule has 0 fully saturated rings. The molecule has 3 rings (SSSR count). The van der Waals surface area contributed by atoms with Crippen LogP contribution in [0.25, 0.3) is 16.9 Å². The number of hydrogen-bond acceptors (Lipinski definition) is 4. The number of aromatic hydroxyl groups is 1. The van der Waals surface area contributed by atoms with E-state index in [-0.39, 0.29) is 11.4 Å². The SMILES string of the molecule is N#Cc1ccc(-c2cc3nccc(O)n3n2)cc1F. The zero-order chi connectivity index (χ0) is 13.4. The molecule has 0 bridgehead atoms. The molecular formula is C13H7FN4O. The van der Waals surface area contributed by atoms with Gasteiger partial charge in [-0.05, 0) is 12.1 Å². The predicted molar refractivity (Wildman–Crippen MR) is 64.8 cm³/mol. The minimum Gasteiger partial charge on any atom is -0.493 e. The lowest BCUT2D eigenvalue weighted by molar-refractivity contribution is 0.435. The maximum atomic E-state index is 13.5. The van der Waals surface area contributed by atoms with Gasteiger partial charge in [-0.1, -0.05) is 6.07 Å². The first-order valence-corrected chi connectivity index (χ1v) is 5.43. The van der Waals surface area contributed by atoms with Crippen LogP contribution in [0.2, 0.25) is 0 Å². The van der Waals surface area contributed by atoms with E-state index in [9.17, 15) is 9.50 Å². The van der Waals surface area contributed by atoms with Gasteiger partial charge in [0.05, 0.1) is 11.3 Å². The van der Waals surface area contributed by atoms with Crippen LogP contribution in [0, 0.1) is 17.1 Å². The number of nitriles is 1. The monoisotopic (exact) mass is 254 g/mol. The highest BCUT2D eigenvalue weighted by atomic mass is 19.1. The van der Waals surface area contributed by atoms with E-state index in [4.69, 9.17) is 5.26 Å². The summed E-state index contributed by atoms with van der Waals surface area (Å²) in [6, 6.07) is 9.01. The van der Waals surface area contributed by atoms with Gasteiger partial charge in [0.2, 0.25) is 5.88 Å². The van der Waals surface area contributed by atoms with Gasteiger partial charge < -0.3 is 5.11 Å². The van der Waals surface area contributed by atoms with Crippen molar-refractivity contribution in [3.63, 3.8) is 0 Å². The van der Waals surface area contributed by atoms with Gasteiger partial charge in [0.15, 0.2) is 5.65 Å². The van der Waals surface area contributed by atoms with Crippen molar-refractivity contribution in [1.29, 1.82) is 5.26 Å². The van der Waals surface area contributed by atoms with E-state index in [0.29, 0.717) is 16.9 Å². The van der Waals surface area contributed by atoms with Gasteiger partial charge >= 0.3 is 0 Å². The molecule has 0 saturated carbocycles. The molecule has 19 heavy (non-hydrogen) atoms. The Morgan fingerprint density at radius 1 is 1.26 bits per heavy atom. The van der Waals surface area contributed by atoms with Crippen LogP contribution in [0.15, 0.2) is 36.5 Å². The lowest BCUT2D eigenvalue weighted by Gasteiger charge is -1.98. The Kier molecular flexibility index (Phi) is 2.39. The minimum absolute atomic E-state index is 0.0199. The first-order chi connectivity index (χ1) is 9.19. The fourth-order valence-corrected chi connectivity index (χ4v) is 1.79. The molecular weight excluding hydrogens is 247 g/mol. The van der Waals surface area contributed by atoms with Crippen molar-refractivity contribution in [2.45, 2.75) is 0 Å². The van der Waals surface area contributed by atoms with Gasteiger partial charge in [-0.15, -0.1) is 0 Å². The van der Waals surface area contributed by atoms with Gasteiger partial charge in [0.1, 0.15) is 11.9 Å². The van der Waals surface area contributed by atoms with Crippen LogP contribution in [0.4, 0.5) is 4.39 Å². The van der Waals surface area contributed by atoms with Gasteiger partial charge in [0.25, 0.3) is 0 Å². The normalized spacial score (nSPS) is 10.5.